The zero-order valence-corrected chi connectivity index (χ0v) is 11.9. The number of benzene rings is 1. The summed E-state index contributed by atoms with van der Waals surface area (Å²) in [4.78, 5) is 8.39. The van der Waals surface area contributed by atoms with Crippen molar-refractivity contribution in [1.29, 1.82) is 5.26 Å². The van der Waals surface area contributed by atoms with Gasteiger partial charge in [0, 0.05) is 24.4 Å². The second-order valence-corrected chi connectivity index (χ2v) is 4.46. The van der Waals surface area contributed by atoms with E-state index in [0.717, 1.165) is 18.5 Å². The quantitative estimate of drug-likeness (QED) is 0.912. The van der Waals surface area contributed by atoms with Gasteiger partial charge in [0.05, 0.1) is 5.56 Å². The number of nitrogens with one attached hydrogen (secondary N) is 1. The van der Waals surface area contributed by atoms with Gasteiger partial charge in [-0.1, -0.05) is 6.92 Å². The highest BCUT2D eigenvalue weighted by molar-refractivity contribution is 5.40. The normalized spacial score (nSPS) is 10.0. The van der Waals surface area contributed by atoms with Crippen molar-refractivity contribution in [2.24, 2.45) is 0 Å². The van der Waals surface area contributed by atoms with Gasteiger partial charge in [0.1, 0.15) is 17.6 Å². The van der Waals surface area contributed by atoms with Crippen molar-refractivity contribution >= 4 is 5.95 Å². The number of hydrogen-bond acceptors (Lipinski definition) is 5. The molecular weight excluding hydrogens is 271 g/mol. The van der Waals surface area contributed by atoms with E-state index in [0.29, 0.717) is 11.8 Å². The van der Waals surface area contributed by atoms with E-state index in [1.165, 1.54) is 18.2 Å². The predicted molar refractivity (Wildman–Crippen MR) is 76.7 cm³/mol. The van der Waals surface area contributed by atoms with E-state index in [2.05, 4.69) is 15.3 Å². The van der Waals surface area contributed by atoms with Crippen LogP contribution >= 0.6 is 0 Å². The molecule has 0 aliphatic carbocycles. The Hall–Kier alpha value is -2.68. The summed E-state index contributed by atoms with van der Waals surface area (Å²) in [5.41, 5.74) is 0.717. The molecule has 0 saturated heterocycles. The molecule has 0 unspecified atom stereocenters. The Morgan fingerprint density at radius 3 is 2.90 bits per heavy atom. The Labute approximate surface area is 122 Å². The van der Waals surface area contributed by atoms with Crippen LogP contribution in [0, 0.1) is 24.1 Å². The molecule has 5 nitrogen and oxygen atoms in total. The maximum absolute atomic E-state index is 13.6. The van der Waals surface area contributed by atoms with E-state index in [9.17, 15) is 4.39 Å². The second-order valence-electron chi connectivity index (χ2n) is 4.46. The zero-order chi connectivity index (χ0) is 15.2. The minimum Gasteiger partial charge on any atom is -0.438 e. The average molecular weight is 286 g/mol. The first-order valence-electron chi connectivity index (χ1n) is 6.59. The second kappa shape index (κ2) is 6.66. The minimum atomic E-state index is -0.619. The van der Waals surface area contributed by atoms with E-state index in [-0.39, 0.29) is 11.3 Å². The van der Waals surface area contributed by atoms with Crippen LogP contribution in [0.25, 0.3) is 0 Å². The molecule has 21 heavy (non-hydrogen) atoms. The summed E-state index contributed by atoms with van der Waals surface area (Å²) in [5.74, 6) is 0.486. The largest absolute Gasteiger partial charge is 0.438 e. The Bertz CT molecular complexity index is 682. The van der Waals surface area contributed by atoms with Gasteiger partial charge in [-0.15, -0.1) is 0 Å². The van der Waals surface area contributed by atoms with Crippen LogP contribution in [0.3, 0.4) is 0 Å². The number of nitriles is 1. The van der Waals surface area contributed by atoms with E-state index in [1.807, 2.05) is 6.92 Å². The number of anilines is 1. The van der Waals surface area contributed by atoms with E-state index >= 15 is 0 Å². The highest BCUT2D eigenvalue weighted by Crippen LogP contribution is 2.25. The summed E-state index contributed by atoms with van der Waals surface area (Å²) < 4.78 is 19.1. The molecule has 0 fully saturated rings. The predicted octanol–water partition coefficient (Wildman–Crippen LogP) is 3.41. The number of hydrogen-bond donors (Lipinski definition) is 1. The van der Waals surface area contributed by atoms with E-state index < -0.39 is 5.82 Å². The third-order valence-electron chi connectivity index (χ3n) is 2.73. The lowest BCUT2D eigenvalue weighted by molar-refractivity contribution is 0.453. The van der Waals surface area contributed by atoms with Crippen molar-refractivity contribution in [3.8, 4) is 17.7 Å². The Morgan fingerprint density at radius 1 is 1.43 bits per heavy atom. The monoisotopic (exact) mass is 286 g/mol. The van der Waals surface area contributed by atoms with Crippen LogP contribution in [-0.2, 0) is 0 Å². The van der Waals surface area contributed by atoms with Crippen molar-refractivity contribution < 1.29 is 9.13 Å². The Balaban J connectivity index is 2.22. The maximum atomic E-state index is 13.6. The zero-order valence-electron chi connectivity index (χ0n) is 11.9. The maximum Gasteiger partial charge on any atom is 0.226 e. The van der Waals surface area contributed by atoms with E-state index in [4.69, 9.17) is 10.00 Å². The third-order valence-corrected chi connectivity index (χ3v) is 2.73. The Morgan fingerprint density at radius 2 is 2.24 bits per heavy atom. The first kappa shape index (κ1) is 14.7. The number of aromatic nitrogens is 2. The van der Waals surface area contributed by atoms with Crippen molar-refractivity contribution in [3.63, 3.8) is 0 Å². The number of halogens is 1. The van der Waals surface area contributed by atoms with Crippen molar-refractivity contribution in [2.45, 2.75) is 20.3 Å². The molecular formula is C15H15FN4O. The van der Waals surface area contributed by atoms with Crippen molar-refractivity contribution in [3.05, 3.63) is 41.3 Å². The molecule has 108 valence electrons. The fourth-order valence-electron chi connectivity index (χ4n) is 1.61. The molecule has 6 heteroatoms. The molecule has 2 rings (SSSR count). The lowest BCUT2D eigenvalue weighted by Gasteiger charge is -2.10. The van der Waals surface area contributed by atoms with Crippen molar-refractivity contribution in [2.75, 3.05) is 11.9 Å². The number of ether oxygens (including phenoxy) is 1. The molecule has 0 aliphatic rings. The molecule has 2 aromatic rings. The lowest BCUT2D eigenvalue weighted by Crippen LogP contribution is -2.05. The number of aryl methyl sites for hydroxylation is 1. The molecule has 1 heterocycles. The topological polar surface area (TPSA) is 70.8 Å². The molecule has 0 radical (unpaired) electrons. The van der Waals surface area contributed by atoms with Gasteiger partial charge in [-0.05, 0) is 25.5 Å². The van der Waals surface area contributed by atoms with Crippen molar-refractivity contribution in [1.82, 2.24) is 9.97 Å². The minimum absolute atomic E-state index is 0.0212. The summed E-state index contributed by atoms with van der Waals surface area (Å²) in [6.45, 7) is 4.60. The van der Waals surface area contributed by atoms with E-state index in [1.54, 1.807) is 19.2 Å². The molecule has 0 saturated carbocycles. The van der Waals surface area contributed by atoms with Crippen LogP contribution in [0.5, 0.6) is 11.6 Å². The highest BCUT2D eigenvalue weighted by atomic mass is 19.1. The fourth-order valence-corrected chi connectivity index (χ4v) is 1.61. The summed E-state index contributed by atoms with van der Waals surface area (Å²) in [7, 11) is 0. The SMILES string of the molecule is CCCNc1ncc(C)c(Oc2ccc(C#N)c(F)c2)n1. The number of nitrogens with zero attached hydrogens (tertiary/aromatic N) is 3. The van der Waals surface area contributed by atoms with Gasteiger partial charge in [-0.25, -0.2) is 9.37 Å². The molecule has 1 N–H and O–H groups in total. The average Bonchev–Trinajstić information content (AvgIpc) is 2.48. The molecule has 1 aromatic carbocycles. The fraction of sp³-hybridized carbons (Fsp3) is 0.267. The van der Waals surface area contributed by atoms with Crippen LogP contribution in [-0.4, -0.2) is 16.5 Å². The molecule has 0 bridgehead atoms. The van der Waals surface area contributed by atoms with Crippen LogP contribution in [0.15, 0.2) is 24.4 Å². The molecule has 0 aliphatic heterocycles. The first-order chi connectivity index (χ1) is 10.1. The smallest absolute Gasteiger partial charge is 0.226 e. The van der Waals surface area contributed by atoms with Gasteiger partial charge in [-0.3, -0.25) is 0 Å². The van der Waals surface area contributed by atoms with Gasteiger partial charge in [0.2, 0.25) is 11.8 Å². The third kappa shape index (κ3) is 3.66. The van der Waals surface area contributed by atoms with Gasteiger partial charge < -0.3 is 10.1 Å². The summed E-state index contributed by atoms with van der Waals surface area (Å²) in [6, 6.07) is 5.83. The standard InChI is InChI=1S/C15H15FN4O/c1-3-6-18-15-19-9-10(2)14(20-15)21-12-5-4-11(8-17)13(16)7-12/h4-5,7,9H,3,6H2,1-2H3,(H,18,19,20). The van der Waals surface area contributed by atoms with Crippen LogP contribution < -0.4 is 10.1 Å². The van der Waals surface area contributed by atoms with Gasteiger partial charge >= 0.3 is 0 Å². The molecule has 0 spiro atoms. The van der Waals surface area contributed by atoms with Gasteiger partial charge in [0.25, 0.3) is 0 Å². The Kier molecular flexibility index (Phi) is 4.67. The molecule has 1 aromatic heterocycles. The van der Waals surface area contributed by atoms with Gasteiger partial charge in [0.15, 0.2) is 0 Å². The summed E-state index contributed by atoms with van der Waals surface area (Å²) in [6.07, 6.45) is 2.59. The van der Waals surface area contributed by atoms with Crippen LogP contribution in [0.1, 0.15) is 24.5 Å². The molecule has 0 amide bonds. The highest BCUT2D eigenvalue weighted by Gasteiger charge is 2.09. The first-order valence-corrected chi connectivity index (χ1v) is 6.59. The number of rotatable bonds is 5. The molecule has 0 atom stereocenters. The van der Waals surface area contributed by atoms with Gasteiger partial charge in [-0.2, -0.15) is 10.2 Å². The summed E-state index contributed by atoms with van der Waals surface area (Å²) in [5, 5.41) is 11.8. The van der Waals surface area contributed by atoms with Crippen LogP contribution in [0.4, 0.5) is 10.3 Å². The van der Waals surface area contributed by atoms with Crippen LogP contribution in [0.2, 0.25) is 0 Å². The lowest BCUT2D eigenvalue weighted by atomic mass is 10.2. The summed E-state index contributed by atoms with van der Waals surface area (Å²) >= 11 is 0.